The average Bonchev–Trinajstić information content (AvgIpc) is 2.59. The number of carbonyl (C=O) groups is 1. The van der Waals surface area contributed by atoms with Crippen LogP contribution in [0.2, 0.25) is 0 Å². The predicted octanol–water partition coefficient (Wildman–Crippen LogP) is 1.47. The Morgan fingerprint density at radius 2 is 2.16 bits per heavy atom. The molecule has 1 N–H and O–H groups in total. The summed E-state index contributed by atoms with van der Waals surface area (Å²) in [6.45, 7) is 5.02. The lowest BCUT2D eigenvalue weighted by Gasteiger charge is -2.42. The van der Waals surface area contributed by atoms with Crippen molar-refractivity contribution >= 4 is 5.91 Å². The summed E-state index contributed by atoms with van der Waals surface area (Å²) in [6, 6.07) is 10.7. The fraction of sp³-hybridized carbons (Fsp3) is 0.389. The van der Waals surface area contributed by atoms with Gasteiger partial charge in [0, 0.05) is 12.6 Å². The van der Waals surface area contributed by atoms with Crippen LogP contribution < -0.4 is 10.3 Å². The molecule has 1 aromatic heterocycles. The molecular formula is C18H21N3O4. The van der Waals surface area contributed by atoms with Crippen molar-refractivity contribution in [2.75, 3.05) is 19.7 Å². The SMILES string of the molecule is CC1(C)CN(C(=O)c2cn[nH]c(=O)c2)C[C@@H](COc2ccccc2)O1. The third-order valence-electron chi connectivity index (χ3n) is 3.86. The van der Waals surface area contributed by atoms with Crippen LogP contribution >= 0.6 is 0 Å². The second-order valence-corrected chi connectivity index (χ2v) is 6.64. The van der Waals surface area contributed by atoms with Crippen LogP contribution in [0.4, 0.5) is 0 Å². The summed E-state index contributed by atoms with van der Waals surface area (Å²) < 4.78 is 11.8. The van der Waals surface area contributed by atoms with Crippen LogP contribution in [0, 0.1) is 0 Å². The van der Waals surface area contributed by atoms with Crippen LogP contribution in [0.1, 0.15) is 24.2 Å². The van der Waals surface area contributed by atoms with E-state index in [0.717, 1.165) is 5.75 Å². The first-order valence-corrected chi connectivity index (χ1v) is 8.13. The van der Waals surface area contributed by atoms with Crippen molar-refractivity contribution in [2.24, 2.45) is 0 Å². The Morgan fingerprint density at radius 3 is 2.88 bits per heavy atom. The molecule has 7 nitrogen and oxygen atoms in total. The molecule has 1 fully saturated rings. The average molecular weight is 343 g/mol. The number of para-hydroxylation sites is 1. The number of rotatable bonds is 4. The first-order chi connectivity index (χ1) is 11.9. The number of hydrogen-bond acceptors (Lipinski definition) is 5. The Morgan fingerprint density at radius 1 is 1.40 bits per heavy atom. The van der Waals surface area contributed by atoms with Crippen molar-refractivity contribution < 1.29 is 14.3 Å². The monoisotopic (exact) mass is 343 g/mol. The van der Waals surface area contributed by atoms with Gasteiger partial charge in [0.1, 0.15) is 18.5 Å². The molecule has 0 radical (unpaired) electrons. The number of amides is 1. The van der Waals surface area contributed by atoms with Crippen LogP contribution in [0.15, 0.2) is 47.4 Å². The van der Waals surface area contributed by atoms with Crippen LogP contribution in [-0.4, -0.2) is 52.4 Å². The van der Waals surface area contributed by atoms with E-state index in [9.17, 15) is 9.59 Å². The molecular weight excluding hydrogens is 322 g/mol. The van der Waals surface area contributed by atoms with Gasteiger partial charge in [-0.15, -0.1) is 0 Å². The van der Waals surface area contributed by atoms with Crippen LogP contribution in [0.25, 0.3) is 0 Å². The van der Waals surface area contributed by atoms with Gasteiger partial charge >= 0.3 is 0 Å². The quantitative estimate of drug-likeness (QED) is 0.909. The van der Waals surface area contributed by atoms with Gasteiger partial charge in [-0.2, -0.15) is 5.10 Å². The molecule has 1 atom stereocenters. The molecule has 2 heterocycles. The van der Waals surface area contributed by atoms with Crippen LogP contribution in [0.5, 0.6) is 5.75 Å². The highest BCUT2D eigenvalue weighted by molar-refractivity contribution is 5.93. The lowest BCUT2D eigenvalue weighted by molar-refractivity contribution is -0.136. The van der Waals surface area contributed by atoms with Crippen molar-refractivity contribution in [3.05, 3.63) is 58.5 Å². The van der Waals surface area contributed by atoms with Gasteiger partial charge in [0.05, 0.1) is 23.9 Å². The summed E-state index contributed by atoms with van der Waals surface area (Å²) in [6.07, 6.45) is 1.10. The molecule has 1 aliphatic heterocycles. The smallest absolute Gasteiger partial charge is 0.264 e. The lowest BCUT2D eigenvalue weighted by Crippen LogP contribution is -2.56. The van der Waals surface area contributed by atoms with E-state index in [1.807, 2.05) is 44.2 Å². The standard InChI is InChI=1S/C18H21N3O4/c1-18(2)12-21(17(23)13-8-16(22)20-19-9-13)10-15(25-18)11-24-14-6-4-3-5-7-14/h3-9,15H,10-12H2,1-2H3,(H,20,22)/t15-/m0/s1. The van der Waals surface area contributed by atoms with E-state index in [-0.39, 0.29) is 17.6 Å². The zero-order chi connectivity index (χ0) is 17.9. The molecule has 0 aliphatic carbocycles. The van der Waals surface area contributed by atoms with Gasteiger partial charge in [-0.25, -0.2) is 5.10 Å². The summed E-state index contributed by atoms with van der Waals surface area (Å²) in [5.74, 6) is 0.519. The van der Waals surface area contributed by atoms with Gasteiger partial charge in [0.15, 0.2) is 0 Å². The largest absolute Gasteiger partial charge is 0.491 e. The van der Waals surface area contributed by atoms with E-state index in [2.05, 4.69) is 10.2 Å². The molecule has 132 valence electrons. The second-order valence-electron chi connectivity index (χ2n) is 6.64. The number of benzene rings is 1. The number of H-pyrrole nitrogens is 1. The van der Waals surface area contributed by atoms with E-state index >= 15 is 0 Å². The number of hydrogen-bond donors (Lipinski definition) is 1. The fourth-order valence-corrected chi connectivity index (χ4v) is 2.92. The van der Waals surface area contributed by atoms with E-state index in [1.54, 1.807) is 4.90 Å². The molecule has 7 heteroatoms. The predicted molar refractivity (Wildman–Crippen MR) is 91.7 cm³/mol. The van der Waals surface area contributed by atoms with Crippen molar-refractivity contribution in [1.82, 2.24) is 15.1 Å². The summed E-state index contributed by atoms with van der Waals surface area (Å²) in [7, 11) is 0. The van der Waals surface area contributed by atoms with Crippen molar-refractivity contribution in [3.8, 4) is 5.75 Å². The zero-order valence-electron chi connectivity index (χ0n) is 14.3. The molecule has 2 aromatic rings. The number of nitrogens with zero attached hydrogens (tertiary/aromatic N) is 2. The minimum Gasteiger partial charge on any atom is -0.491 e. The molecule has 1 aliphatic rings. The summed E-state index contributed by atoms with van der Waals surface area (Å²) in [5, 5.41) is 5.96. The molecule has 0 bridgehead atoms. The van der Waals surface area contributed by atoms with Crippen molar-refractivity contribution in [3.63, 3.8) is 0 Å². The first-order valence-electron chi connectivity index (χ1n) is 8.13. The maximum atomic E-state index is 12.7. The third kappa shape index (κ3) is 4.45. The number of carbonyl (C=O) groups excluding carboxylic acids is 1. The summed E-state index contributed by atoms with van der Waals surface area (Å²) in [5.41, 5.74) is -0.640. The molecule has 0 unspecified atom stereocenters. The Labute approximate surface area is 145 Å². The normalized spacial score (nSPS) is 19.4. The second kappa shape index (κ2) is 7.06. The van der Waals surface area contributed by atoms with Gasteiger partial charge in [-0.1, -0.05) is 18.2 Å². The number of morpholine rings is 1. The van der Waals surface area contributed by atoms with Crippen LogP contribution in [-0.2, 0) is 4.74 Å². The van der Waals surface area contributed by atoms with E-state index in [0.29, 0.717) is 19.7 Å². The van der Waals surface area contributed by atoms with E-state index in [1.165, 1.54) is 12.3 Å². The molecule has 1 aromatic carbocycles. The number of nitrogens with one attached hydrogen (secondary N) is 1. The van der Waals surface area contributed by atoms with E-state index < -0.39 is 11.2 Å². The highest BCUT2D eigenvalue weighted by atomic mass is 16.5. The Hall–Kier alpha value is -2.67. The third-order valence-corrected chi connectivity index (χ3v) is 3.86. The summed E-state index contributed by atoms with van der Waals surface area (Å²) >= 11 is 0. The van der Waals surface area contributed by atoms with Gasteiger partial charge in [0.25, 0.3) is 11.5 Å². The zero-order valence-corrected chi connectivity index (χ0v) is 14.3. The van der Waals surface area contributed by atoms with Crippen molar-refractivity contribution in [2.45, 2.75) is 25.6 Å². The highest BCUT2D eigenvalue weighted by Gasteiger charge is 2.36. The molecule has 1 amide bonds. The van der Waals surface area contributed by atoms with E-state index in [4.69, 9.17) is 9.47 Å². The van der Waals surface area contributed by atoms with Crippen molar-refractivity contribution in [1.29, 1.82) is 0 Å². The molecule has 0 saturated carbocycles. The number of aromatic amines is 1. The van der Waals surface area contributed by atoms with Crippen LogP contribution in [0.3, 0.4) is 0 Å². The molecule has 3 rings (SSSR count). The number of aromatic nitrogens is 2. The minimum atomic E-state index is -0.507. The maximum Gasteiger partial charge on any atom is 0.264 e. The Balaban J connectivity index is 1.70. The van der Waals surface area contributed by atoms with Gasteiger partial charge in [0.2, 0.25) is 0 Å². The molecule has 0 spiro atoms. The Bertz CT molecular complexity index is 788. The first kappa shape index (κ1) is 17.2. The van der Waals surface area contributed by atoms with Gasteiger partial charge in [-0.3, -0.25) is 9.59 Å². The molecule has 25 heavy (non-hydrogen) atoms. The summed E-state index contributed by atoms with van der Waals surface area (Å²) in [4.78, 5) is 25.8. The molecule has 1 saturated heterocycles. The van der Waals surface area contributed by atoms with Gasteiger partial charge < -0.3 is 14.4 Å². The topological polar surface area (TPSA) is 84.5 Å². The fourth-order valence-electron chi connectivity index (χ4n) is 2.92. The highest BCUT2D eigenvalue weighted by Crippen LogP contribution is 2.23. The lowest BCUT2D eigenvalue weighted by atomic mass is 10.0. The number of ether oxygens (including phenoxy) is 2. The minimum absolute atomic E-state index is 0.236. The Kier molecular flexibility index (Phi) is 4.85. The van der Waals surface area contributed by atoms with Gasteiger partial charge in [-0.05, 0) is 26.0 Å². The maximum absolute atomic E-state index is 12.7.